The van der Waals surface area contributed by atoms with Gasteiger partial charge in [-0.15, -0.1) is 0 Å². The number of benzene rings is 1. The lowest BCUT2D eigenvalue weighted by molar-refractivity contribution is 0.199. The van der Waals surface area contributed by atoms with Crippen LogP contribution in [0.15, 0.2) is 12.1 Å². The molecule has 0 aromatic heterocycles. The third-order valence-corrected chi connectivity index (χ3v) is 3.48. The van der Waals surface area contributed by atoms with Crippen LogP contribution in [-0.2, 0) is 21.1 Å². The summed E-state index contributed by atoms with van der Waals surface area (Å²) in [7, 11) is -1.68. The highest BCUT2D eigenvalue weighted by molar-refractivity contribution is 7.90. The molecule has 0 spiro atoms. The molecule has 21 heavy (non-hydrogen) atoms. The first-order valence-electron chi connectivity index (χ1n) is 6.31. The van der Waals surface area contributed by atoms with Crippen molar-refractivity contribution in [3.63, 3.8) is 0 Å². The summed E-state index contributed by atoms with van der Waals surface area (Å²) in [5.74, 6) is -2.56. The van der Waals surface area contributed by atoms with Gasteiger partial charge in [0, 0.05) is 26.5 Å². The molecule has 0 amide bonds. The first-order chi connectivity index (χ1) is 9.83. The third kappa shape index (κ3) is 6.83. The summed E-state index contributed by atoms with van der Waals surface area (Å²) in [4.78, 5) is 0. The normalized spacial score (nSPS) is 11.6. The Kier molecular flexibility index (Phi) is 7.00. The topological polar surface area (TPSA) is 64.6 Å². The highest BCUT2D eigenvalue weighted by Gasteiger charge is 2.13. The fraction of sp³-hybridized carbons (Fsp3) is 0.538. The largest absolute Gasteiger partial charge is 0.487 e. The summed E-state index contributed by atoms with van der Waals surface area (Å²) in [5.41, 5.74) is 0.427. The molecule has 0 bridgehead atoms. The fourth-order valence-corrected chi connectivity index (χ4v) is 1.94. The van der Waals surface area contributed by atoms with Crippen LogP contribution in [0.2, 0.25) is 0 Å². The van der Waals surface area contributed by atoms with Crippen molar-refractivity contribution >= 4 is 9.84 Å². The Morgan fingerprint density at radius 3 is 2.33 bits per heavy atom. The zero-order chi connectivity index (χ0) is 15.9. The Morgan fingerprint density at radius 2 is 1.81 bits per heavy atom. The molecule has 8 heteroatoms. The van der Waals surface area contributed by atoms with E-state index in [9.17, 15) is 17.2 Å². The first-order valence-corrected chi connectivity index (χ1v) is 8.37. The summed E-state index contributed by atoms with van der Waals surface area (Å²) < 4.78 is 59.1. The van der Waals surface area contributed by atoms with E-state index in [0.717, 1.165) is 18.4 Å². The quantitative estimate of drug-likeness (QED) is 0.690. The van der Waals surface area contributed by atoms with E-state index < -0.39 is 27.2 Å². The van der Waals surface area contributed by atoms with E-state index in [1.807, 2.05) is 0 Å². The average Bonchev–Trinajstić information content (AvgIpc) is 2.37. The molecule has 120 valence electrons. The van der Waals surface area contributed by atoms with E-state index in [1.165, 1.54) is 0 Å². The van der Waals surface area contributed by atoms with Crippen LogP contribution in [0.3, 0.4) is 0 Å². The minimum atomic E-state index is -3.24. The summed E-state index contributed by atoms with van der Waals surface area (Å²) in [6.45, 7) is 1.06. The Balaban J connectivity index is 2.62. The van der Waals surface area contributed by atoms with Gasteiger partial charge in [0.2, 0.25) is 0 Å². The minimum absolute atomic E-state index is 0.292. The van der Waals surface area contributed by atoms with E-state index in [1.54, 1.807) is 7.11 Å². The summed E-state index contributed by atoms with van der Waals surface area (Å²) >= 11 is 0. The van der Waals surface area contributed by atoms with Gasteiger partial charge in [0.25, 0.3) is 0 Å². The van der Waals surface area contributed by atoms with Crippen LogP contribution in [0.1, 0.15) is 5.56 Å². The van der Waals surface area contributed by atoms with Gasteiger partial charge in [-0.3, -0.25) is 0 Å². The van der Waals surface area contributed by atoms with Crippen LogP contribution < -0.4 is 10.1 Å². The molecule has 0 aliphatic rings. The van der Waals surface area contributed by atoms with Crippen LogP contribution in [0.25, 0.3) is 0 Å². The minimum Gasteiger partial charge on any atom is -0.487 e. The average molecular weight is 323 g/mol. The van der Waals surface area contributed by atoms with Crippen LogP contribution in [0.4, 0.5) is 8.78 Å². The summed E-state index contributed by atoms with van der Waals surface area (Å²) in [6, 6.07) is 2.30. The van der Waals surface area contributed by atoms with Crippen molar-refractivity contribution in [2.45, 2.75) is 6.54 Å². The predicted octanol–water partition coefficient (Wildman–Crippen LogP) is 1.12. The van der Waals surface area contributed by atoms with Gasteiger partial charge in [-0.25, -0.2) is 17.2 Å². The lowest BCUT2D eigenvalue weighted by Crippen LogP contribution is -2.19. The zero-order valence-corrected chi connectivity index (χ0v) is 12.8. The van der Waals surface area contributed by atoms with Gasteiger partial charge in [-0.2, -0.15) is 0 Å². The van der Waals surface area contributed by atoms with E-state index in [0.29, 0.717) is 25.3 Å². The van der Waals surface area contributed by atoms with E-state index in [4.69, 9.17) is 9.47 Å². The second-order valence-electron chi connectivity index (χ2n) is 4.54. The number of nitrogens with one attached hydrogen (secondary N) is 1. The molecular weight excluding hydrogens is 304 g/mol. The number of methoxy groups -OCH3 is 1. The van der Waals surface area contributed by atoms with E-state index >= 15 is 0 Å². The highest BCUT2D eigenvalue weighted by Crippen LogP contribution is 2.23. The molecular formula is C13H19F2NO4S. The molecule has 0 aliphatic carbocycles. The second kappa shape index (κ2) is 8.26. The molecule has 0 atom stereocenters. The van der Waals surface area contributed by atoms with Crippen LogP contribution in [0.5, 0.6) is 5.75 Å². The maximum Gasteiger partial charge on any atom is 0.190 e. The Labute approximate surface area is 123 Å². The van der Waals surface area contributed by atoms with Crippen molar-refractivity contribution in [3.05, 3.63) is 29.3 Å². The smallest absolute Gasteiger partial charge is 0.190 e. The number of rotatable bonds is 9. The molecule has 1 rings (SSSR count). The van der Waals surface area contributed by atoms with Gasteiger partial charge in [-0.05, 0) is 17.7 Å². The van der Waals surface area contributed by atoms with Crippen molar-refractivity contribution in [1.82, 2.24) is 5.32 Å². The number of ether oxygens (including phenoxy) is 2. The Hall–Kier alpha value is -1.25. The van der Waals surface area contributed by atoms with Gasteiger partial charge in [0.1, 0.15) is 6.61 Å². The molecule has 0 aliphatic heterocycles. The van der Waals surface area contributed by atoms with Crippen molar-refractivity contribution in [2.75, 3.05) is 38.9 Å². The standard InChI is InChI=1S/C13H19F2NO4S/c1-19-4-3-16-9-10-7-11(14)13(12(15)8-10)20-5-6-21(2,17)18/h7-8,16H,3-6,9H2,1-2H3. The van der Waals surface area contributed by atoms with Crippen LogP contribution >= 0.6 is 0 Å². The van der Waals surface area contributed by atoms with Gasteiger partial charge in [0.05, 0.1) is 12.4 Å². The van der Waals surface area contributed by atoms with Crippen LogP contribution in [-0.4, -0.2) is 47.3 Å². The number of halogens is 2. The molecule has 1 aromatic carbocycles. The van der Waals surface area contributed by atoms with E-state index in [-0.39, 0.29) is 12.4 Å². The van der Waals surface area contributed by atoms with Crippen molar-refractivity contribution < 1.29 is 26.7 Å². The molecule has 5 nitrogen and oxygen atoms in total. The number of hydrogen-bond donors (Lipinski definition) is 1. The molecule has 0 radical (unpaired) electrons. The van der Waals surface area contributed by atoms with Crippen molar-refractivity contribution in [2.24, 2.45) is 0 Å². The van der Waals surface area contributed by atoms with Gasteiger partial charge < -0.3 is 14.8 Å². The monoisotopic (exact) mass is 323 g/mol. The van der Waals surface area contributed by atoms with Crippen LogP contribution in [0, 0.1) is 11.6 Å². The molecule has 0 saturated carbocycles. The van der Waals surface area contributed by atoms with Crippen molar-refractivity contribution in [3.8, 4) is 5.75 Å². The van der Waals surface area contributed by atoms with Gasteiger partial charge in [-0.1, -0.05) is 0 Å². The SMILES string of the molecule is COCCNCc1cc(F)c(OCCS(C)(=O)=O)c(F)c1. The molecule has 0 fully saturated rings. The number of hydrogen-bond acceptors (Lipinski definition) is 5. The number of sulfone groups is 1. The lowest BCUT2D eigenvalue weighted by Gasteiger charge is -2.10. The Morgan fingerprint density at radius 1 is 1.19 bits per heavy atom. The molecule has 0 saturated heterocycles. The second-order valence-corrected chi connectivity index (χ2v) is 6.80. The summed E-state index contributed by atoms with van der Waals surface area (Å²) in [6.07, 6.45) is 1.03. The van der Waals surface area contributed by atoms with Gasteiger partial charge in [0.15, 0.2) is 27.2 Å². The third-order valence-electron chi connectivity index (χ3n) is 2.57. The molecule has 1 N–H and O–H groups in total. The highest BCUT2D eigenvalue weighted by atomic mass is 32.2. The van der Waals surface area contributed by atoms with E-state index in [2.05, 4.69) is 5.32 Å². The zero-order valence-electron chi connectivity index (χ0n) is 12.0. The lowest BCUT2D eigenvalue weighted by atomic mass is 10.2. The Bertz CT molecular complexity index is 540. The maximum atomic E-state index is 13.7. The molecule has 0 heterocycles. The molecule has 1 aromatic rings. The maximum absolute atomic E-state index is 13.7. The van der Waals surface area contributed by atoms with Crippen molar-refractivity contribution in [1.29, 1.82) is 0 Å². The molecule has 0 unspecified atom stereocenters. The predicted molar refractivity (Wildman–Crippen MR) is 75.1 cm³/mol. The fourth-order valence-electron chi connectivity index (χ4n) is 1.55. The first kappa shape index (κ1) is 17.8. The summed E-state index contributed by atoms with van der Waals surface area (Å²) in [5, 5.41) is 2.96. The van der Waals surface area contributed by atoms with Gasteiger partial charge >= 0.3 is 0 Å².